The fourth-order valence-corrected chi connectivity index (χ4v) is 0.488. The average molecular weight is 125 g/mol. The van der Waals surface area contributed by atoms with E-state index in [4.69, 9.17) is 4.42 Å². The van der Waals surface area contributed by atoms with Gasteiger partial charge in [-0.15, -0.1) is 0 Å². The maximum atomic E-state index is 9.52. The minimum absolute atomic E-state index is 0.236. The minimum Gasteiger partial charge on any atom is -0.472 e. The molecule has 0 saturated heterocycles. The van der Waals surface area contributed by atoms with Gasteiger partial charge in [-0.1, -0.05) is 0 Å². The lowest BCUT2D eigenvalue weighted by atomic mass is 10.4. The molecule has 1 radical (unpaired) electrons. The van der Waals surface area contributed by atoms with E-state index in [0.29, 0.717) is 0 Å². The van der Waals surface area contributed by atoms with Gasteiger partial charge in [-0.25, -0.2) is 4.79 Å². The van der Waals surface area contributed by atoms with Crippen LogP contribution in [0.1, 0.15) is 5.56 Å². The van der Waals surface area contributed by atoms with Crippen LogP contribution in [-0.2, 0) is 16.1 Å². The zero-order valence-electron chi connectivity index (χ0n) is 4.66. The Hall–Kier alpha value is -1.25. The molecule has 3 heteroatoms. The third-order valence-electron chi connectivity index (χ3n) is 0.878. The molecule has 0 spiro atoms. The second-order valence-corrected chi connectivity index (χ2v) is 1.50. The smallest absolute Gasteiger partial charge is 0.417 e. The summed E-state index contributed by atoms with van der Waals surface area (Å²) in [5.74, 6) is 0. The van der Waals surface area contributed by atoms with Crippen molar-refractivity contribution in [2.45, 2.75) is 6.61 Å². The largest absolute Gasteiger partial charge is 0.472 e. The van der Waals surface area contributed by atoms with E-state index in [1.165, 1.54) is 19.0 Å². The highest BCUT2D eigenvalue weighted by atomic mass is 16.5. The van der Waals surface area contributed by atoms with E-state index in [1.54, 1.807) is 6.07 Å². The summed E-state index contributed by atoms with van der Waals surface area (Å²) in [5, 5.41) is 0. The van der Waals surface area contributed by atoms with Gasteiger partial charge in [0.1, 0.15) is 6.61 Å². The Morgan fingerprint density at radius 2 is 2.67 bits per heavy atom. The molecule has 47 valence electrons. The van der Waals surface area contributed by atoms with Gasteiger partial charge >= 0.3 is 6.47 Å². The van der Waals surface area contributed by atoms with Gasteiger partial charge in [-0.2, -0.15) is 0 Å². The first kappa shape index (κ1) is 5.88. The number of carbonyl (C=O) groups excluding carboxylic acids is 1. The normalized spacial score (nSPS) is 8.89. The van der Waals surface area contributed by atoms with Gasteiger partial charge in [0.05, 0.1) is 12.5 Å². The quantitative estimate of drug-likeness (QED) is 0.601. The van der Waals surface area contributed by atoms with Crippen molar-refractivity contribution in [2.24, 2.45) is 0 Å². The van der Waals surface area contributed by atoms with Crippen molar-refractivity contribution >= 4 is 6.47 Å². The fraction of sp³-hybridized carbons (Fsp3) is 0.167. The summed E-state index contributed by atoms with van der Waals surface area (Å²) < 4.78 is 9.01. The predicted octanol–water partition coefficient (Wildman–Crippen LogP) is 0.863. The van der Waals surface area contributed by atoms with Crippen LogP contribution in [0.5, 0.6) is 0 Å². The van der Waals surface area contributed by atoms with Crippen molar-refractivity contribution in [1.29, 1.82) is 0 Å². The van der Waals surface area contributed by atoms with Crippen LogP contribution in [-0.4, -0.2) is 6.47 Å². The Bertz CT molecular complexity index is 166. The Kier molecular flexibility index (Phi) is 1.90. The molecule has 0 bridgehead atoms. The van der Waals surface area contributed by atoms with Gasteiger partial charge in [-0.3, -0.25) is 0 Å². The standard InChI is InChI=1S/C6H5O3/c7-5-9-4-6-1-2-8-3-6/h1-3H,4H2. The highest BCUT2D eigenvalue weighted by Gasteiger charge is 1.91. The summed E-state index contributed by atoms with van der Waals surface area (Å²) in [5.41, 5.74) is 0.832. The van der Waals surface area contributed by atoms with Crippen LogP contribution in [0.25, 0.3) is 0 Å². The second kappa shape index (κ2) is 2.91. The molecule has 0 atom stereocenters. The first-order valence-corrected chi connectivity index (χ1v) is 2.43. The Balaban J connectivity index is 2.38. The number of furan rings is 1. The highest BCUT2D eigenvalue weighted by Crippen LogP contribution is 1.99. The van der Waals surface area contributed by atoms with Crippen molar-refractivity contribution in [3.05, 3.63) is 24.2 Å². The van der Waals surface area contributed by atoms with Crippen molar-refractivity contribution in [2.75, 3.05) is 0 Å². The molecule has 0 amide bonds. The van der Waals surface area contributed by atoms with Crippen molar-refractivity contribution in [1.82, 2.24) is 0 Å². The maximum Gasteiger partial charge on any atom is 0.417 e. The van der Waals surface area contributed by atoms with Crippen molar-refractivity contribution < 1.29 is 13.9 Å². The summed E-state index contributed by atoms with van der Waals surface area (Å²) in [6.07, 6.45) is 3.03. The molecular formula is C6H5O3. The van der Waals surface area contributed by atoms with E-state index >= 15 is 0 Å². The van der Waals surface area contributed by atoms with Gasteiger partial charge in [0.15, 0.2) is 0 Å². The summed E-state index contributed by atoms with van der Waals surface area (Å²) in [4.78, 5) is 9.52. The second-order valence-electron chi connectivity index (χ2n) is 1.50. The Labute approximate surface area is 52.2 Å². The van der Waals surface area contributed by atoms with Gasteiger partial charge < -0.3 is 9.15 Å². The molecule has 9 heavy (non-hydrogen) atoms. The molecule has 0 aliphatic carbocycles. The number of hydrogen-bond acceptors (Lipinski definition) is 3. The lowest BCUT2D eigenvalue weighted by Crippen LogP contribution is -1.85. The molecular weight excluding hydrogens is 120 g/mol. The van der Waals surface area contributed by atoms with Crippen LogP contribution in [0.4, 0.5) is 0 Å². The molecule has 1 heterocycles. The van der Waals surface area contributed by atoms with Crippen molar-refractivity contribution in [3.8, 4) is 0 Å². The van der Waals surface area contributed by atoms with Crippen LogP contribution in [0.2, 0.25) is 0 Å². The van der Waals surface area contributed by atoms with E-state index in [0.717, 1.165) is 5.56 Å². The Morgan fingerprint density at radius 3 is 3.22 bits per heavy atom. The molecule has 0 aromatic carbocycles. The molecule has 3 nitrogen and oxygen atoms in total. The molecule has 1 aromatic heterocycles. The molecule has 0 aliphatic rings. The SMILES string of the molecule is O=[C]OCc1ccoc1. The van der Waals surface area contributed by atoms with E-state index in [2.05, 4.69) is 4.74 Å². The topological polar surface area (TPSA) is 39.4 Å². The van der Waals surface area contributed by atoms with E-state index in [1.807, 2.05) is 0 Å². The zero-order valence-corrected chi connectivity index (χ0v) is 4.66. The zero-order chi connectivity index (χ0) is 6.53. The van der Waals surface area contributed by atoms with Crippen molar-refractivity contribution in [3.63, 3.8) is 0 Å². The van der Waals surface area contributed by atoms with Gasteiger partial charge in [0, 0.05) is 5.56 Å². The maximum absolute atomic E-state index is 9.52. The molecule has 0 N–H and O–H groups in total. The third kappa shape index (κ3) is 1.60. The van der Waals surface area contributed by atoms with E-state index in [-0.39, 0.29) is 6.61 Å². The molecule has 1 aromatic rings. The molecule has 0 fully saturated rings. The number of ether oxygens (including phenoxy) is 1. The van der Waals surface area contributed by atoms with E-state index < -0.39 is 0 Å². The summed E-state index contributed by atoms with van der Waals surface area (Å²) in [7, 11) is 0. The molecule has 0 unspecified atom stereocenters. The third-order valence-corrected chi connectivity index (χ3v) is 0.878. The van der Waals surface area contributed by atoms with Crippen LogP contribution < -0.4 is 0 Å². The van der Waals surface area contributed by atoms with Crippen LogP contribution in [0.3, 0.4) is 0 Å². The first-order chi connectivity index (χ1) is 4.43. The summed E-state index contributed by atoms with van der Waals surface area (Å²) >= 11 is 0. The predicted molar refractivity (Wildman–Crippen MR) is 29.2 cm³/mol. The molecule has 0 aliphatic heterocycles. The molecule has 0 saturated carbocycles. The summed E-state index contributed by atoms with van der Waals surface area (Å²) in [6.45, 7) is 1.55. The minimum atomic E-state index is 0.236. The van der Waals surface area contributed by atoms with Gasteiger partial charge in [0.2, 0.25) is 0 Å². The van der Waals surface area contributed by atoms with Gasteiger partial charge in [0.25, 0.3) is 0 Å². The number of hydrogen-bond donors (Lipinski definition) is 0. The average Bonchev–Trinajstić information content (AvgIpc) is 2.34. The van der Waals surface area contributed by atoms with Crippen LogP contribution in [0, 0.1) is 0 Å². The summed E-state index contributed by atoms with van der Waals surface area (Å²) in [6, 6.07) is 1.72. The highest BCUT2D eigenvalue weighted by molar-refractivity contribution is 5.38. The van der Waals surface area contributed by atoms with Gasteiger partial charge in [-0.05, 0) is 6.07 Å². The monoisotopic (exact) mass is 125 g/mol. The Morgan fingerprint density at radius 1 is 1.78 bits per heavy atom. The lowest BCUT2D eigenvalue weighted by Gasteiger charge is -1.88. The van der Waals surface area contributed by atoms with Crippen LogP contribution in [0.15, 0.2) is 23.0 Å². The first-order valence-electron chi connectivity index (χ1n) is 2.43. The molecule has 1 rings (SSSR count). The van der Waals surface area contributed by atoms with Crippen LogP contribution >= 0.6 is 0 Å². The fourth-order valence-electron chi connectivity index (χ4n) is 0.488. The van der Waals surface area contributed by atoms with E-state index in [9.17, 15) is 4.79 Å². The lowest BCUT2D eigenvalue weighted by molar-refractivity contribution is 0.266. The number of rotatable bonds is 3.